The van der Waals surface area contributed by atoms with Crippen LogP contribution in [0.3, 0.4) is 0 Å². The molecule has 2 unspecified atom stereocenters. The summed E-state index contributed by atoms with van der Waals surface area (Å²) in [7, 11) is -4.37. The Bertz CT molecular complexity index is 563. The van der Waals surface area contributed by atoms with Crippen LogP contribution in [0.1, 0.15) is 17.2 Å². The van der Waals surface area contributed by atoms with Crippen LogP contribution in [0.25, 0.3) is 0 Å². The first-order valence-corrected chi connectivity index (χ1v) is 12.1. The van der Waals surface area contributed by atoms with Gasteiger partial charge in [0.25, 0.3) is 0 Å². The zero-order valence-electron chi connectivity index (χ0n) is 12.2. The number of hydrogen-bond donors (Lipinski definition) is 0. The number of hydrogen-bond acceptors (Lipinski definition) is 2. The molecule has 1 aliphatic rings. The Labute approximate surface area is 117 Å². The summed E-state index contributed by atoms with van der Waals surface area (Å²) >= 11 is 0. The number of aryl methyl sites for hydroxylation is 1. The molecule has 0 spiro atoms. The summed E-state index contributed by atoms with van der Waals surface area (Å²) in [5.41, 5.74) is 2.33. The van der Waals surface area contributed by atoms with Gasteiger partial charge in [-0.3, -0.25) is 0 Å². The average Bonchev–Trinajstić information content (AvgIpc) is 3.07. The second kappa shape index (κ2) is 5.03. The van der Waals surface area contributed by atoms with Crippen LogP contribution in [-0.4, -0.2) is 33.1 Å². The highest BCUT2D eigenvalue weighted by Crippen LogP contribution is 2.39. The number of sulfonamides is 1. The zero-order valence-corrected chi connectivity index (χ0v) is 14.0. The monoisotopic (exact) mass is 297 g/mol. The van der Waals surface area contributed by atoms with Crippen molar-refractivity contribution in [3.63, 3.8) is 0 Å². The molecule has 5 heteroatoms. The molecule has 1 saturated heterocycles. The lowest BCUT2D eigenvalue weighted by Gasteiger charge is -2.16. The fourth-order valence-corrected chi connectivity index (χ4v) is 6.78. The van der Waals surface area contributed by atoms with E-state index in [1.165, 1.54) is 5.56 Å². The van der Waals surface area contributed by atoms with E-state index in [-0.39, 0.29) is 6.04 Å². The van der Waals surface area contributed by atoms with Gasteiger partial charge in [-0.1, -0.05) is 43.9 Å². The van der Waals surface area contributed by atoms with Crippen molar-refractivity contribution in [2.75, 3.05) is 12.3 Å². The molecule has 3 nitrogen and oxygen atoms in total. The first-order chi connectivity index (χ1) is 8.71. The predicted octanol–water partition coefficient (Wildman–Crippen LogP) is 3.02. The predicted molar refractivity (Wildman–Crippen MR) is 82.6 cm³/mol. The molecule has 0 amide bonds. The maximum atomic E-state index is 12.3. The van der Waals surface area contributed by atoms with Crippen molar-refractivity contribution in [3.05, 3.63) is 35.4 Å². The molecular weight excluding hydrogens is 274 g/mol. The van der Waals surface area contributed by atoms with Crippen LogP contribution < -0.4 is 0 Å². The van der Waals surface area contributed by atoms with Crippen LogP contribution in [0.2, 0.25) is 25.7 Å². The lowest BCUT2D eigenvalue weighted by atomic mass is 10.1. The molecule has 1 aliphatic heterocycles. The minimum absolute atomic E-state index is 0.0767. The quantitative estimate of drug-likeness (QED) is 0.619. The fraction of sp³-hybridized carbons (Fsp3) is 0.571. The van der Waals surface area contributed by atoms with E-state index in [1.807, 2.05) is 31.2 Å². The molecule has 0 bridgehead atoms. The van der Waals surface area contributed by atoms with Gasteiger partial charge in [-0.05, 0) is 24.1 Å². The maximum Gasteiger partial charge on any atom is 0.214 e. The van der Waals surface area contributed by atoms with Crippen LogP contribution in [0.15, 0.2) is 24.3 Å². The van der Waals surface area contributed by atoms with Gasteiger partial charge in [0, 0.05) is 14.6 Å². The molecule has 0 aliphatic carbocycles. The van der Waals surface area contributed by atoms with Crippen LogP contribution in [0.4, 0.5) is 0 Å². The van der Waals surface area contributed by atoms with Gasteiger partial charge in [0.1, 0.15) is 0 Å². The standard InChI is InChI=1S/C14H23NO2SSi/c1-12-7-5-6-8-13(12)14-11-15(14)18(16,17)9-10-19(2,3)4/h5-8,14H,9-11H2,1-4H3. The molecule has 0 aromatic heterocycles. The molecule has 2 rings (SSSR count). The van der Waals surface area contributed by atoms with Gasteiger partial charge in [-0.2, -0.15) is 4.31 Å². The topological polar surface area (TPSA) is 37.1 Å². The summed E-state index contributed by atoms with van der Waals surface area (Å²) in [6, 6.07) is 8.97. The minimum atomic E-state index is -3.07. The Morgan fingerprint density at radius 3 is 2.47 bits per heavy atom. The Hall–Kier alpha value is -0.653. The molecular formula is C14H23NO2SSi. The highest BCUT2D eigenvalue weighted by atomic mass is 32.2. The molecule has 2 atom stereocenters. The van der Waals surface area contributed by atoms with Crippen molar-refractivity contribution in [2.24, 2.45) is 0 Å². The molecule has 0 saturated carbocycles. The van der Waals surface area contributed by atoms with Crippen molar-refractivity contribution >= 4 is 18.1 Å². The Balaban J connectivity index is 2.04. The number of rotatable bonds is 5. The molecule has 106 valence electrons. The summed E-state index contributed by atoms with van der Waals surface area (Å²) < 4.78 is 26.2. The Morgan fingerprint density at radius 2 is 1.89 bits per heavy atom. The first kappa shape index (κ1) is 14.7. The second-order valence-electron chi connectivity index (χ2n) is 6.57. The van der Waals surface area contributed by atoms with Gasteiger partial charge < -0.3 is 0 Å². The molecule has 0 radical (unpaired) electrons. The summed E-state index contributed by atoms with van der Waals surface area (Å²) in [4.78, 5) is 0. The van der Waals surface area contributed by atoms with E-state index in [1.54, 1.807) is 4.31 Å². The van der Waals surface area contributed by atoms with Crippen molar-refractivity contribution in [2.45, 2.75) is 38.7 Å². The average molecular weight is 297 g/mol. The van der Waals surface area contributed by atoms with E-state index in [0.29, 0.717) is 12.3 Å². The normalized spacial score (nSPS) is 23.4. The van der Waals surface area contributed by atoms with E-state index >= 15 is 0 Å². The molecule has 19 heavy (non-hydrogen) atoms. The van der Waals surface area contributed by atoms with Gasteiger partial charge in [-0.15, -0.1) is 0 Å². The van der Waals surface area contributed by atoms with E-state index in [9.17, 15) is 8.42 Å². The minimum Gasteiger partial charge on any atom is -0.212 e. The molecule has 1 heterocycles. The highest BCUT2D eigenvalue weighted by molar-refractivity contribution is 7.89. The maximum absolute atomic E-state index is 12.3. The van der Waals surface area contributed by atoms with Crippen molar-refractivity contribution < 1.29 is 8.42 Å². The lowest BCUT2D eigenvalue weighted by Crippen LogP contribution is -2.26. The third-order valence-electron chi connectivity index (χ3n) is 3.58. The first-order valence-electron chi connectivity index (χ1n) is 6.76. The number of nitrogens with zero attached hydrogens (tertiary/aromatic N) is 1. The van der Waals surface area contributed by atoms with Crippen LogP contribution in [0, 0.1) is 6.92 Å². The van der Waals surface area contributed by atoms with E-state index in [0.717, 1.165) is 11.6 Å². The second-order valence-corrected chi connectivity index (χ2v) is 14.2. The summed E-state index contributed by atoms with van der Waals surface area (Å²) in [5, 5.41) is 0. The van der Waals surface area contributed by atoms with E-state index in [4.69, 9.17) is 0 Å². The summed E-state index contributed by atoms with van der Waals surface area (Å²) in [6.45, 7) is 9.33. The third-order valence-corrected chi connectivity index (χ3v) is 7.53. The molecule has 1 aromatic rings. The van der Waals surface area contributed by atoms with Crippen LogP contribution in [0.5, 0.6) is 0 Å². The van der Waals surface area contributed by atoms with Crippen molar-refractivity contribution in [1.82, 2.24) is 4.31 Å². The Kier molecular flexibility index (Phi) is 3.91. The van der Waals surface area contributed by atoms with Gasteiger partial charge in [0.15, 0.2) is 0 Å². The summed E-state index contributed by atoms with van der Waals surface area (Å²) in [5.74, 6) is 0.311. The molecule has 1 fully saturated rings. The zero-order chi connectivity index (χ0) is 14.3. The largest absolute Gasteiger partial charge is 0.214 e. The van der Waals surface area contributed by atoms with E-state index in [2.05, 4.69) is 19.6 Å². The van der Waals surface area contributed by atoms with Crippen molar-refractivity contribution in [3.8, 4) is 0 Å². The van der Waals surface area contributed by atoms with Gasteiger partial charge in [-0.25, -0.2) is 8.42 Å². The number of benzene rings is 1. The summed E-state index contributed by atoms with van der Waals surface area (Å²) in [6.07, 6.45) is 0. The fourth-order valence-electron chi connectivity index (χ4n) is 2.20. The van der Waals surface area contributed by atoms with Gasteiger partial charge in [0.2, 0.25) is 10.0 Å². The van der Waals surface area contributed by atoms with Crippen molar-refractivity contribution in [1.29, 1.82) is 0 Å². The van der Waals surface area contributed by atoms with Crippen LogP contribution in [-0.2, 0) is 10.0 Å². The lowest BCUT2D eigenvalue weighted by molar-refractivity contribution is 0.555. The highest BCUT2D eigenvalue weighted by Gasteiger charge is 2.45. The van der Waals surface area contributed by atoms with Gasteiger partial charge in [0.05, 0.1) is 11.8 Å². The van der Waals surface area contributed by atoms with Gasteiger partial charge >= 0.3 is 0 Å². The van der Waals surface area contributed by atoms with E-state index < -0.39 is 18.1 Å². The third kappa shape index (κ3) is 3.67. The molecule has 0 N–H and O–H groups in total. The molecule has 1 aromatic carbocycles. The smallest absolute Gasteiger partial charge is 0.212 e. The van der Waals surface area contributed by atoms with Crippen LogP contribution >= 0.6 is 0 Å². The Morgan fingerprint density at radius 1 is 1.26 bits per heavy atom. The SMILES string of the molecule is Cc1ccccc1C1CN1S(=O)(=O)CC[Si](C)(C)C.